The fourth-order valence-corrected chi connectivity index (χ4v) is 8.71. The number of benzene rings is 2. The van der Waals surface area contributed by atoms with Gasteiger partial charge in [-0.1, -0.05) is 56.9 Å². The summed E-state index contributed by atoms with van der Waals surface area (Å²) in [6.07, 6.45) is 0.620. The largest absolute Gasteiger partial charge is 0.481 e. The predicted octanol–water partition coefficient (Wildman–Crippen LogP) is 4.36. The second-order valence-corrected chi connectivity index (χ2v) is 17.8. The average molecular weight is 832 g/mol. The number of fused-ring (bicyclic) bond motifs is 1. The minimum absolute atomic E-state index is 0.00552. The van der Waals surface area contributed by atoms with Gasteiger partial charge in [0.25, 0.3) is 15.9 Å². The summed E-state index contributed by atoms with van der Waals surface area (Å²) in [5, 5.41) is 25.3. The Balaban J connectivity index is 1.24. The van der Waals surface area contributed by atoms with Crippen molar-refractivity contribution in [1.82, 2.24) is 19.8 Å². The first-order valence-corrected chi connectivity index (χ1v) is 21.1. The molecule has 5 N–H and O–H groups in total. The Morgan fingerprint density at radius 2 is 1.67 bits per heavy atom. The monoisotopic (exact) mass is 831 g/mol. The number of aliphatic carboxylic acids is 1. The number of carboxylic acids is 1. The number of halogens is 1. The molecule has 16 nitrogen and oxygen atoms in total. The minimum atomic E-state index is -4.57. The van der Waals surface area contributed by atoms with E-state index in [4.69, 9.17) is 14.6 Å². The first kappa shape index (κ1) is 44.5. The number of carbonyl (C=O) groups is 5. The SMILES string of the molecule is CC[C@@H]1C[C@]1(NC(=O)[C@@H]1C[C@@H](OC(=O)N2Cc3cccc(F)c3C2)CN1C(O)OC(C)(C)C)C(=O)NS(=O)(=O)c1ccccc1NC(=O)CCCCCCCC(=O)O. The molecule has 2 heterocycles. The molecule has 4 amide bonds. The summed E-state index contributed by atoms with van der Waals surface area (Å²) in [6.45, 7) is 6.94. The standard InChI is InChI=1S/C40H54FN5O11S/c1-5-26-21-40(26,36(51)44-58(54,55)32-17-12-11-16-30(32)42-33(47)18-9-7-6-8-10-19-34(48)49)43-35(50)31-20-27(23-46(31)38(53)57-39(2,3)4)56-37(52)45-22-25-14-13-15-29(41)28(25)24-45/h11-17,26-27,31,38,53H,5-10,18-24H2,1-4H3,(H,42,47)(H,43,50)(H,44,51)(H,48,49)/t26-,27-,31+,38?,40-/m1/s1. The van der Waals surface area contributed by atoms with Crippen molar-refractivity contribution in [2.45, 2.75) is 140 Å². The van der Waals surface area contributed by atoms with Gasteiger partial charge in [-0.15, -0.1) is 0 Å². The summed E-state index contributed by atoms with van der Waals surface area (Å²) in [4.78, 5) is 67.0. The van der Waals surface area contributed by atoms with Crippen LogP contribution in [0.15, 0.2) is 47.4 Å². The molecule has 3 aliphatic rings. The zero-order valence-electron chi connectivity index (χ0n) is 33.3. The summed E-state index contributed by atoms with van der Waals surface area (Å²) in [5.41, 5.74) is -1.46. The molecule has 5 atom stereocenters. The van der Waals surface area contributed by atoms with E-state index in [1.54, 1.807) is 39.8 Å². The fraction of sp³-hybridized carbons (Fsp3) is 0.575. The smallest absolute Gasteiger partial charge is 0.410 e. The van der Waals surface area contributed by atoms with Gasteiger partial charge >= 0.3 is 12.1 Å². The summed E-state index contributed by atoms with van der Waals surface area (Å²) >= 11 is 0. The van der Waals surface area contributed by atoms with Gasteiger partial charge in [0.2, 0.25) is 18.2 Å². The highest BCUT2D eigenvalue weighted by Crippen LogP contribution is 2.47. The maximum absolute atomic E-state index is 14.4. The van der Waals surface area contributed by atoms with E-state index in [-0.39, 0.29) is 55.9 Å². The molecule has 0 bridgehead atoms. The summed E-state index contributed by atoms with van der Waals surface area (Å²) < 4.78 is 55.4. The van der Waals surface area contributed by atoms with Crippen molar-refractivity contribution in [1.29, 1.82) is 0 Å². The zero-order valence-corrected chi connectivity index (χ0v) is 34.1. The Bertz CT molecular complexity index is 1980. The Labute approximate surface area is 337 Å². The lowest BCUT2D eigenvalue weighted by Gasteiger charge is -2.33. The molecule has 1 unspecified atom stereocenters. The van der Waals surface area contributed by atoms with Crippen molar-refractivity contribution in [3.63, 3.8) is 0 Å². The molecule has 0 radical (unpaired) electrons. The van der Waals surface area contributed by atoms with Crippen LogP contribution in [0.4, 0.5) is 14.9 Å². The number of aliphatic hydroxyl groups is 1. The highest BCUT2D eigenvalue weighted by atomic mass is 32.2. The molecule has 1 saturated heterocycles. The molecule has 5 rings (SSSR count). The summed E-state index contributed by atoms with van der Waals surface area (Å²) in [6, 6.07) is 9.05. The van der Waals surface area contributed by atoms with Crippen molar-refractivity contribution in [3.05, 3.63) is 59.4 Å². The number of carbonyl (C=O) groups excluding carboxylic acids is 4. The molecule has 2 aromatic carbocycles. The third kappa shape index (κ3) is 11.1. The highest BCUT2D eigenvalue weighted by molar-refractivity contribution is 7.90. The van der Waals surface area contributed by atoms with Gasteiger partial charge in [-0.3, -0.25) is 24.1 Å². The van der Waals surface area contributed by atoms with Gasteiger partial charge in [0, 0.05) is 37.9 Å². The zero-order chi connectivity index (χ0) is 42.4. The maximum Gasteiger partial charge on any atom is 0.410 e. The van der Waals surface area contributed by atoms with Crippen molar-refractivity contribution < 1.29 is 56.5 Å². The van der Waals surface area contributed by atoms with Gasteiger partial charge in [-0.25, -0.2) is 27.2 Å². The Kier molecular flexibility index (Phi) is 14.2. The third-order valence-electron chi connectivity index (χ3n) is 10.6. The summed E-state index contributed by atoms with van der Waals surface area (Å²) in [5.74, 6) is -3.84. The van der Waals surface area contributed by atoms with Gasteiger partial charge in [0.15, 0.2) is 0 Å². The van der Waals surface area contributed by atoms with Crippen molar-refractivity contribution in [2.24, 2.45) is 5.92 Å². The number of hydrogen-bond donors (Lipinski definition) is 5. The van der Waals surface area contributed by atoms with E-state index in [2.05, 4.69) is 15.4 Å². The number of amides is 4. The second-order valence-electron chi connectivity index (χ2n) is 16.2. The van der Waals surface area contributed by atoms with Gasteiger partial charge in [-0.2, -0.15) is 0 Å². The lowest BCUT2D eigenvalue weighted by atomic mass is 10.1. The number of nitrogens with one attached hydrogen (secondary N) is 3. The molecule has 1 saturated carbocycles. The van der Waals surface area contributed by atoms with Crippen LogP contribution in [0, 0.1) is 11.7 Å². The first-order valence-electron chi connectivity index (χ1n) is 19.7. The molecular weight excluding hydrogens is 778 g/mol. The van der Waals surface area contributed by atoms with Gasteiger partial charge in [0.05, 0.1) is 23.9 Å². The van der Waals surface area contributed by atoms with E-state index in [1.165, 1.54) is 40.1 Å². The normalized spacial score (nSPS) is 22.2. The van der Waals surface area contributed by atoms with Crippen LogP contribution in [0.5, 0.6) is 0 Å². The number of anilines is 1. The number of rotatable bonds is 18. The molecule has 2 aromatic rings. The van der Waals surface area contributed by atoms with Crippen LogP contribution in [0.25, 0.3) is 0 Å². The molecule has 318 valence electrons. The quantitative estimate of drug-likeness (QED) is 0.105. The molecular formula is C40H54FN5O11S. The van der Waals surface area contributed by atoms with Crippen LogP contribution in [0.3, 0.4) is 0 Å². The molecule has 18 heteroatoms. The molecule has 2 fully saturated rings. The molecule has 58 heavy (non-hydrogen) atoms. The molecule has 0 aromatic heterocycles. The predicted molar refractivity (Wildman–Crippen MR) is 207 cm³/mol. The van der Waals surface area contributed by atoms with E-state index in [1.807, 2.05) is 0 Å². The van der Waals surface area contributed by atoms with Crippen LogP contribution in [0.1, 0.15) is 103 Å². The number of sulfonamides is 1. The van der Waals surface area contributed by atoms with E-state index >= 15 is 0 Å². The highest BCUT2D eigenvalue weighted by Gasteiger charge is 2.62. The van der Waals surface area contributed by atoms with E-state index in [0.29, 0.717) is 36.8 Å². The minimum Gasteiger partial charge on any atom is -0.481 e. The van der Waals surface area contributed by atoms with Gasteiger partial charge in [-0.05, 0) is 69.7 Å². The molecule has 1 aliphatic carbocycles. The molecule has 2 aliphatic heterocycles. The molecule has 0 spiro atoms. The number of para-hydroxylation sites is 1. The number of likely N-dealkylation sites (tertiary alicyclic amines) is 1. The van der Waals surface area contributed by atoms with Gasteiger partial charge < -0.3 is 30.3 Å². The van der Waals surface area contributed by atoms with Crippen molar-refractivity contribution in [2.75, 3.05) is 11.9 Å². The number of nitrogens with zero attached hydrogens (tertiary/aromatic N) is 2. The van der Waals surface area contributed by atoms with Crippen molar-refractivity contribution in [3.8, 4) is 0 Å². The second kappa shape index (κ2) is 18.5. The van der Waals surface area contributed by atoms with Crippen LogP contribution in [-0.4, -0.2) is 94.5 Å². The van der Waals surface area contributed by atoms with E-state index < -0.39 is 81.2 Å². The number of carboxylic acid groups (broad SMARTS) is 1. The Morgan fingerprint density at radius 1 is 0.983 bits per heavy atom. The fourth-order valence-electron chi connectivity index (χ4n) is 7.51. The average Bonchev–Trinajstić information content (AvgIpc) is 3.43. The maximum atomic E-state index is 14.4. The van der Waals surface area contributed by atoms with E-state index in [0.717, 1.165) is 12.8 Å². The van der Waals surface area contributed by atoms with Crippen molar-refractivity contribution >= 4 is 45.5 Å². The Morgan fingerprint density at radius 3 is 2.33 bits per heavy atom. The first-order chi connectivity index (χ1) is 27.3. The van der Waals surface area contributed by atoms with Crippen LogP contribution >= 0.6 is 0 Å². The van der Waals surface area contributed by atoms with Crippen LogP contribution in [-0.2, 0) is 51.8 Å². The van der Waals surface area contributed by atoms with Gasteiger partial charge in [0.1, 0.15) is 22.4 Å². The Hall–Kier alpha value is -4.65. The van der Waals surface area contributed by atoms with E-state index in [9.17, 15) is 41.9 Å². The third-order valence-corrected chi connectivity index (χ3v) is 12.0. The lowest BCUT2D eigenvalue weighted by Crippen LogP contribution is -2.57. The number of unbranched alkanes of at least 4 members (excludes halogenated alkanes) is 4. The number of hydrogen-bond acceptors (Lipinski definition) is 11. The lowest BCUT2D eigenvalue weighted by molar-refractivity contribution is -0.242. The van der Waals surface area contributed by atoms with Crippen LogP contribution in [0.2, 0.25) is 0 Å². The topological polar surface area (TPSA) is 221 Å². The number of ether oxygens (including phenoxy) is 2. The number of aliphatic hydroxyl groups excluding tert-OH is 1. The van der Waals surface area contributed by atoms with Crippen LogP contribution < -0.4 is 15.4 Å². The summed E-state index contributed by atoms with van der Waals surface area (Å²) in [7, 11) is -4.57.